The van der Waals surface area contributed by atoms with Gasteiger partial charge in [0, 0.05) is 18.4 Å². The first-order valence-electron chi connectivity index (χ1n) is 8.73. The maximum absolute atomic E-state index is 10.5. The monoisotopic (exact) mass is 320 g/mol. The minimum atomic E-state index is -0.674. The second kappa shape index (κ2) is 8.34. The van der Waals surface area contributed by atoms with E-state index in [1.807, 2.05) is 0 Å². The van der Waals surface area contributed by atoms with Crippen LogP contribution in [0.5, 0.6) is 5.75 Å². The van der Waals surface area contributed by atoms with Crippen molar-refractivity contribution in [3.8, 4) is 5.75 Å². The van der Waals surface area contributed by atoms with Gasteiger partial charge in [0.15, 0.2) is 0 Å². The fraction of sp³-hybridized carbons (Fsp3) is 0.632. The first kappa shape index (κ1) is 17.8. The van der Waals surface area contributed by atoms with E-state index in [0.29, 0.717) is 6.42 Å². The minimum absolute atomic E-state index is 0.314. The van der Waals surface area contributed by atoms with Crippen LogP contribution in [0, 0.1) is 0 Å². The number of methoxy groups -OCH3 is 1. The van der Waals surface area contributed by atoms with Crippen molar-refractivity contribution in [1.82, 2.24) is 0 Å². The smallest absolute Gasteiger partial charge is 0.303 e. The Morgan fingerprint density at radius 3 is 2.65 bits per heavy atom. The third-order valence-electron chi connectivity index (χ3n) is 4.98. The van der Waals surface area contributed by atoms with E-state index in [-0.39, 0.29) is 0 Å². The molecule has 2 rings (SSSR count). The van der Waals surface area contributed by atoms with Crippen molar-refractivity contribution in [2.24, 2.45) is 0 Å². The number of fused-ring (bicyclic) bond motifs is 1. The number of ether oxygens (including phenoxy) is 1. The summed E-state index contributed by atoms with van der Waals surface area (Å²) in [5.74, 6) is 0.285. The summed E-state index contributed by atoms with van der Waals surface area (Å²) in [5.41, 5.74) is 2.90. The zero-order valence-corrected chi connectivity index (χ0v) is 14.5. The Morgan fingerprint density at radius 1 is 1.17 bits per heavy atom. The molecule has 4 heteroatoms. The van der Waals surface area contributed by atoms with E-state index in [0.717, 1.165) is 42.5 Å². The fourth-order valence-corrected chi connectivity index (χ4v) is 3.49. The van der Waals surface area contributed by atoms with Crippen LogP contribution in [0.3, 0.4) is 0 Å². The molecule has 0 aliphatic carbocycles. The maximum atomic E-state index is 10.5. The Morgan fingerprint density at radius 2 is 1.91 bits per heavy atom. The molecule has 0 aromatic heterocycles. The lowest BCUT2D eigenvalue weighted by molar-refractivity contribution is -0.924. The van der Waals surface area contributed by atoms with E-state index in [1.165, 1.54) is 37.1 Å². The molecule has 1 aliphatic heterocycles. The average molecular weight is 320 g/mol. The molecular weight excluding hydrogens is 290 g/mol. The molecule has 0 spiro atoms. The molecule has 128 valence electrons. The van der Waals surface area contributed by atoms with Crippen molar-refractivity contribution in [3.63, 3.8) is 0 Å². The summed E-state index contributed by atoms with van der Waals surface area (Å²) in [7, 11) is 4.08. The van der Waals surface area contributed by atoms with Crippen LogP contribution in [-0.4, -0.2) is 42.8 Å². The van der Waals surface area contributed by atoms with Crippen molar-refractivity contribution in [3.05, 3.63) is 29.3 Å². The number of likely N-dealkylation sites (N-methyl/N-ethyl adjacent to an activating group) is 1. The molecule has 1 aromatic rings. The van der Waals surface area contributed by atoms with Crippen molar-refractivity contribution < 1.29 is 19.1 Å². The molecule has 0 radical (unpaired) electrons. The Kier molecular flexibility index (Phi) is 6.46. The van der Waals surface area contributed by atoms with Crippen molar-refractivity contribution in [2.45, 2.75) is 51.5 Å². The number of rotatable bonds is 9. The normalized spacial score (nSPS) is 20.1. The van der Waals surface area contributed by atoms with Crippen LogP contribution in [0.4, 0.5) is 0 Å². The number of nitrogens with zero attached hydrogens (tertiary/aromatic N) is 1. The lowest BCUT2D eigenvalue weighted by atomic mass is 9.97. The second-order valence-electron chi connectivity index (χ2n) is 7.02. The topological polar surface area (TPSA) is 46.5 Å². The number of hydrogen-bond donors (Lipinski definition) is 1. The number of benzene rings is 1. The van der Waals surface area contributed by atoms with E-state index in [4.69, 9.17) is 9.84 Å². The van der Waals surface area contributed by atoms with Gasteiger partial charge >= 0.3 is 5.97 Å². The lowest BCUT2D eigenvalue weighted by Crippen LogP contribution is -2.48. The third kappa shape index (κ3) is 5.54. The van der Waals surface area contributed by atoms with E-state index >= 15 is 0 Å². The van der Waals surface area contributed by atoms with Gasteiger partial charge in [0.2, 0.25) is 0 Å². The predicted octanol–water partition coefficient (Wildman–Crippen LogP) is 3.62. The highest BCUT2D eigenvalue weighted by Gasteiger charge is 2.28. The van der Waals surface area contributed by atoms with Crippen LogP contribution in [0.15, 0.2) is 18.2 Å². The van der Waals surface area contributed by atoms with Gasteiger partial charge in [-0.05, 0) is 43.0 Å². The number of carboxylic acid groups (broad SMARTS) is 1. The van der Waals surface area contributed by atoms with Gasteiger partial charge in [-0.15, -0.1) is 0 Å². The first-order valence-corrected chi connectivity index (χ1v) is 8.73. The largest absolute Gasteiger partial charge is 0.497 e. The summed E-state index contributed by atoms with van der Waals surface area (Å²) in [4.78, 5) is 10.5. The Labute approximate surface area is 139 Å². The van der Waals surface area contributed by atoms with Gasteiger partial charge < -0.3 is 14.3 Å². The Balaban J connectivity index is 1.72. The van der Waals surface area contributed by atoms with Gasteiger partial charge in [0.05, 0.1) is 27.2 Å². The van der Waals surface area contributed by atoms with E-state index < -0.39 is 5.97 Å². The standard InChI is InChI=1S/C19H29NO3/c1-20(12-7-5-3-4-6-8-19(21)22)13-11-16-14-18(23-2)10-9-17(16)15-20/h9-10,14H,3-8,11-13,15H2,1-2H3/p+1. The van der Waals surface area contributed by atoms with Crippen molar-refractivity contribution in [1.29, 1.82) is 0 Å². The molecule has 1 N–H and O–H groups in total. The zero-order valence-electron chi connectivity index (χ0n) is 14.5. The van der Waals surface area contributed by atoms with Crippen LogP contribution in [-0.2, 0) is 17.8 Å². The summed E-state index contributed by atoms with van der Waals surface area (Å²) in [5, 5.41) is 8.62. The molecule has 0 fully saturated rings. The molecule has 0 saturated heterocycles. The van der Waals surface area contributed by atoms with Gasteiger partial charge in [-0.25, -0.2) is 0 Å². The van der Waals surface area contributed by atoms with E-state index in [9.17, 15) is 4.79 Å². The Bertz CT molecular complexity index is 529. The molecule has 1 unspecified atom stereocenters. The Hall–Kier alpha value is -1.55. The number of unbranched alkanes of at least 4 members (excludes halogenated alkanes) is 4. The van der Waals surface area contributed by atoms with Gasteiger partial charge in [0.1, 0.15) is 12.3 Å². The molecule has 1 aromatic carbocycles. The zero-order chi connectivity index (χ0) is 16.7. The number of carboxylic acids is 1. The van der Waals surface area contributed by atoms with Crippen molar-refractivity contribution >= 4 is 5.97 Å². The van der Waals surface area contributed by atoms with Crippen LogP contribution < -0.4 is 4.74 Å². The molecule has 0 amide bonds. The fourth-order valence-electron chi connectivity index (χ4n) is 3.49. The van der Waals surface area contributed by atoms with Gasteiger partial charge in [-0.2, -0.15) is 0 Å². The van der Waals surface area contributed by atoms with Gasteiger partial charge in [-0.1, -0.05) is 12.8 Å². The third-order valence-corrected chi connectivity index (χ3v) is 4.98. The summed E-state index contributed by atoms with van der Waals surface area (Å²) in [6.07, 6.45) is 6.89. The predicted molar refractivity (Wildman–Crippen MR) is 91.7 cm³/mol. The highest BCUT2D eigenvalue weighted by molar-refractivity contribution is 5.66. The molecule has 1 aliphatic rings. The highest BCUT2D eigenvalue weighted by atomic mass is 16.5. The summed E-state index contributed by atoms with van der Waals surface area (Å²) in [6, 6.07) is 6.47. The first-order chi connectivity index (χ1) is 11.0. The number of aliphatic carboxylic acids is 1. The van der Waals surface area contributed by atoms with Gasteiger partial charge in [0.25, 0.3) is 0 Å². The summed E-state index contributed by atoms with van der Waals surface area (Å²) in [6.45, 7) is 3.52. The maximum Gasteiger partial charge on any atom is 0.303 e. The SMILES string of the molecule is COc1ccc2c(c1)CC[N+](C)(CCCCCCCC(=O)O)C2. The average Bonchev–Trinajstić information content (AvgIpc) is 2.53. The molecule has 4 nitrogen and oxygen atoms in total. The highest BCUT2D eigenvalue weighted by Crippen LogP contribution is 2.27. The molecule has 0 saturated carbocycles. The van der Waals surface area contributed by atoms with Crippen LogP contribution in [0.1, 0.15) is 49.7 Å². The lowest BCUT2D eigenvalue weighted by Gasteiger charge is -2.39. The summed E-state index contributed by atoms with van der Waals surface area (Å²) < 4.78 is 6.44. The van der Waals surface area contributed by atoms with E-state index in [1.54, 1.807) is 7.11 Å². The molecule has 1 atom stereocenters. The number of quaternary nitrogens is 1. The molecule has 1 heterocycles. The van der Waals surface area contributed by atoms with Crippen LogP contribution in [0.25, 0.3) is 0 Å². The molecule has 0 bridgehead atoms. The van der Waals surface area contributed by atoms with Crippen molar-refractivity contribution in [2.75, 3.05) is 27.2 Å². The van der Waals surface area contributed by atoms with Gasteiger partial charge in [-0.3, -0.25) is 4.79 Å². The second-order valence-corrected chi connectivity index (χ2v) is 7.02. The minimum Gasteiger partial charge on any atom is -0.497 e. The summed E-state index contributed by atoms with van der Waals surface area (Å²) >= 11 is 0. The molecule has 23 heavy (non-hydrogen) atoms. The van der Waals surface area contributed by atoms with Crippen LogP contribution >= 0.6 is 0 Å². The van der Waals surface area contributed by atoms with Crippen LogP contribution in [0.2, 0.25) is 0 Å². The van der Waals surface area contributed by atoms with E-state index in [2.05, 4.69) is 25.2 Å². The quantitative estimate of drug-likeness (QED) is 0.558. The molecular formula is C19H30NO3+. The number of hydrogen-bond acceptors (Lipinski definition) is 2. The number of carbonyl (C=O) groups is 1.